The quantitative estimate of drug-likeness (QED) is 0.500. The number of aromatic nitrogens is 4. The van der Waals surface area contributed by atoms with E-state index in [1.54, 1.807) is 30.6 Å². The second-order valence-corrected chi connectivity index (χ2v) is 5.44. The van der Waals surface area contributed by atoms with Gasteiger partial charge in [0.1, 0.15) is 11.6 Å². The zero-order valence-electron chi connectivity index (χ0n) is 13.4. The predicted octanol–water partition coefficient (Wildman–Crippen LogP) is 2.91. The van der Waals surface area contributed by atoms with E-state index in [0.29, 0.717) is 11.4 Å². The SMILES string of the molecule is CONC(=O)c1ccc2nc(-c3ccccc3-c3ncc[nH]3)[nH]c2c1. The molecular weight excluding hydrogens is 318 g/mol. The maximum absolute atomic E-state index is 11.9. The van der Waals surface area contributed by atoms with E-state index in [4.69, 9.17) is 0 Å². The number of rotatable bonds is 4. The van der Waals surface area contributed by atoms with Gasteiger partial charge in [0.05, 0.1) is 18.1 Å². The number of fused-ring (bicyclic) bond motifs is 1. The molecular formula is C18H15N5O2. The van der Waals surface area contributed by atoms with Crippen LogP contribution in [0.25, 0.3) is 33.8 Å². The van der Waals surface area contributed by atoms with Gasteiger partial charge in [-0.25, -0.2) is 15.4 Å². The monoisotopic (exact) mass is 333 g/mol. The van der Waals surface area contributed by atoms with Crippen LogP contribution in [-0.4, -0.2) is 33.0 Å². The van der Waals surface area contributed by atoms with Gasteiger partial charge in [-0.05, 0) is 18.2 Å². The molecule has 7 nitrogen and oxygen atoms in total. The number of benzene rings is 2. The Morgan fingerprint density at radius 2 is 1.92 bits per heavy atom. The number of nitrogens with one attached hydrogen (secondary N) is 3. The van der Waals surface area contributed by atoms with Gasteiger partial charge in [0.2, 0.25) is 0 Å². The summed E-state index contributed by atoms with van der Waals surface area (Å²) < 4.78 is 0. The van der Waals surface area contributed by atoms with Crippen molar-refractivity contribution in [3.63, 3.8) is 0 Å². The molecule has 124 valence electrons. The largest absolute Gasteiger partial charge is 0.345 e. The minimum absolute atomic E-state index is 0.309. The molecule has 7 heteroatoms. The van der Waals surface area contributed by atoms with Crippen molar-refractivity contribution in [2.24, 2.45) is 0 Å². The number of amides is 1. The summed E-state index contributed by atoms with van der Waals surface area (Å²) in [6, 6.07) is 13.1. The third kappa shape index (κ3) is 2.77. The van der Waals surface area contributed by atoms with Gasteiger partial charge in [-0.2, -0.15) is 0 Å². The number of hydrogen-bond donors (Lipinski definition) is 3. The average Bonchev–Trinajstić information content (AvgIpc) is 3.31. The van der Waals surface area contributed by atoms with Crippen molar-refractivity contribution < 1.29 is 9.63 Å². The Kier molecular flexibility index (Phi) is 3.75. The smallest absolute Gasteiger partial charge is 0.274 e. The second-order valence-electron chi connectivity index (χ2n) is 5.44. The molecule has 0 aliphatic carbocycles. The van der Waals surface area contributed by atoms with E-state index in [1.165, 1.54) is 7.11 Å². The van der Waals surface area contributed by atoms with Gasteiger partial charge in [-0.1, -0.05) is 24.3 Å². The maximum atomic E-state index is 11.9. The summed E-state index contributed by atoms with van der Waals surface area (Å²) in [6.45, 7) is 0. The number of nitrogens with zero attached hydrogens (tertiary/aromatic N) is 2. The van der Waals surface area contributed by atoms with Crippen molar-refractivity contribution in [2.45, 2.75) is 0 Å². The lowest BCUT2D eigenvalue weighted by atomic mass is 10.1. The lowest BCUT2D eigenvalue weighted by Crippen LogP contribution is -2.21. The molecule has 0 saturated carbocycles. The number of imidazole rings is 2. The van der Waals surface area contributed by atoms with E-state index in [1.807, 2.05) is 24.3 Å². The first-order chi connectivity index (χ1) is 12.3. The first-order valence-electron chi connectivity index (χ1n) is 7.68. The summed E-state index contributed by atoms with van der Waals surface area (Å²) in [4.78, 5) is 31.9. The van der Waals surface area contributed by atoms with E-state index in [2.05, 4.69) is 30.3 Å². The number of H-pyrrole nitrogens is 2. The molecule has 4 rings (SSSR count). The standard InChI is InChI=1S/C18H15N5O2/c1-25-23-18(24)11-6-7-14-15(10-11)22-17(21-14)13-5-3-2-4-12(13)16-19-8-9-20-16/h2-10H,1H3,(H,19,20)(H,21,22)(H,23,24). The molecule has 1 amide bonds. The fraction of sp³-hybridized carbons (Fsp3) is 0.0556. The number of aromatic amines is 2. The Hall–Kier alpha value is -3.45. The molecule has 25 heavy (non-hydrogen) atoms. The molecule has 3 N–H and O–H groups in total. The summed E-state index contributed by atoms with van der Waals surface area (Å²) in [6.07, 6.45) is 3.50. The highest BCUT2D eigenvalue weighted by Crippen LogP contribution is 2.29. The molecule has 0 fully saturated rings. The minimum Gasteiger partial charge on any atom is -0.345 e. The lowest BCUT2D eigenvalue weighted by molar-refractivity contribution is 0.0538. The normalized spacial score (nSPS) is 10.9. The molecule has 2 heterocycles. The molecule has 0 aliphatic rings. The summed E-state index contributed by atoms with van der Waals surface area (Å²) in [5, 5.41) is 0. The topological polar surface area (TPSA) is 95.7 Å². The van der Waals surface area contributed by atoms with Gasteiger partial charge in [0.15, 0.2) is 0 Å². The molecule has 0 radical (unpaired) electrons. The second kappa shape index (κ2) is 6.21. The fourth-order valence-electron chi connectivity index (χ4n) is 2.74. The van der Waals surface area contributed by atoms with Crippen LogP contribution in [-0.2, 0) is 4.84 Å². The van der Waals surface area contributed by atoms with Crippen LogP contribution in [0.15, 0.2) is 54.9 Å². The lowest BCUT2D eigenvalue weighted by Gasteiger charge is -2.04. The molecule has 0 unspecified atom stereocenters. The molecule has 0 spiro atoms. The third-order valence-electron chi connectivity index (χ3n) is 3.87. The van der Waals surface area contributed by atoms with Gasteiger partial charge in [-0.15, -0.1) is 0 Å². The van der Waals surface area contributed by atoms with Crippen LogP contribution in [0.4, 0.5) is 0 Å². The Labute approximate surface area is 143 Å². The zero-order chi connectivity index (χ0) is 17.2. The van der Waals surface area contributed by atoms with Crippen LogP contribution in [0.5, 0.6) is 0 Å². The van der Waals surface area contributed by atoms with E-state index < -0.39 is 0 Å². The fourth-order valence-corrected chi connectivity index (χ4v) is 2.74. The van der Waals surface area contributed by atoms with Gasteiger partial charge in [0.25, 0.3) is 5.91 Å². The Morgan fingerprint density at radius 3 is 2.64 bits per heavy atom. The highest BCUT2D eigenvalue weighted by molar-refractivity contribution is 5.97. The summed E-state index contributed by atoms with van der Waals surface area (Å²) >= 11 is 0. The first kappa shape index (κ1) is 15.1. The summed E-state index contributed by atoms with van der Waals surface area (Å²) in [7, 11) is 1.40. The summed E-state index contributed by atoms with van der Waals surface area (Å²) in [5.74, 6) is 1.18. The van der Waals surface area contributed by atoms with Crippen molar-refractivity contribution in [2.75, 3.05) is 7.11 Å². The van der Waals surface area contributed by atoms with Gasteiger partial charge < -0.3 is 9.97 Å². The highest BCUT2D eigenvalue weighted by Gasteiger charge is 2.13. The minimum atomic E-state index is -0.309. The van der Waals surface area contributed by atoms with Crippen LogP contribution < -0.4 is 5.48 Å². The zero-order valence-corrected chi connectivity index (χ0v) is 13.4. The number of hydroxylamine groups is 1. The average molecular weight is 333 g/mol. The first-order valence-corrected chi connectivity index (χ1v) is 7.68. The maximum Gasteiger partial charge on any atom is 0.274 e. The van der Waals surface area contributed by atoms with E-state index in [0.717, 1.165) is 28.0 Å². The van der Waals surface area contributed by atoms with E-state index >= 15 is 0 Å². The van der Waals surface area contributed by atoms with Crippen molar-refractivity contribution >= 4 is 16.9 Å². The predicted molar refractivity (Wildman–Crippen MR) is 93.6 cm³/mol. The van der Waals surface area contributed by atoms with E-state index in [-0.39, 0.29) is 5.91 Å². The van der Waals surface area contributed by atoms with Gasteiger partial charge in [-0.3, -0.25) is 9.63 Å². The Morgan fingerprint density at radius 1 is 1.12 bits per heavy atom. The van der Waals surface area contributed by atoms with Crippen LogP contribution in [0, 0.1) is 0 Å². The molecule has 2 aromatic carbocycles. The molecule has 0 aliphatic heterocycles. The van der Waals surface area contributed by atoms with E-state index in [9.17, 15) is 4.79 Å². The van der Waals surface area contributed by atoms with Crippen LogP contribution in [0.2, 0.25) is 0 Å². The van der Waals surface area contributed by atoms with Crippen molar-refractivity contribution in [3.05, 3.63) is 60.4 Å². The number of carbonyl (C=O) groups excluding carboxylic acids is 1. The van der Waals surface area contributed by atoms with Gasteiger partial charge in [0, 0.05) is 29.1 Å². The molecule has 0 bridgehead atoms. The van der Waals surface area contributed by atoms with Crippen molar-refractivity contribution in [3.8, 4) is 22.8 Å². The van der Waals surface area contributed by atoms with Crippen LogP contribution >= 0.6 is 0 Å². The number of hydrogen-bond acceptors (Lipinski definition) is 4. The Balaban J connectivity index is 1.80. The van der Waals surface area contributed by atoms with Gasteiger partial charge >= 0.3 is 0 Å². The van der Waals surface area contributed by atoms with Crippen molar-refractivity contribution in [1.82, 2.24) is 25.4 Å². The van der Waals surface area contributed by atoms with Crippen LogP contribution in [0.1, 0.15) is 10.4 Å². The number of carbonyl (C=O) groups is 1. The molecule has 4 aromatic rings. The summed E-state index contributed by atoms with van der Waals surface area (Å²) in [5.41, 5.74) is 6.22. The highest BCUT2D eigenvalue weighted by atomic mass is 16.6. The molecule has 0 saturated heterocycles. The van der Waals surface area contributed by atoms with Crippen molar-refractivity contribution in [1.29, 1.82) is 0 Å². The van der Waals surface area contributed by atoms with Crippen LogP contribution in [0.3, 0.4) is 0 Å². The molecule has 2 aromatic heterocycles. The third-order valence-corrected chi connectivity index (χ3v) is 3.87. The Bertz CT molecular complexity index is 1040. The molecule has 0 atom stereocenters.